The van der Waals surface area contributed by atoms with Crippen molar-refractivity contribution >= 4 is 27.8 Å². The minimum atomic E-state index is -0.479. The number of carbonyl (C=O) groups is 1. The summed E-state index contributed by atoms with van der Waals surface area (Å²) < 4.78 is 5.12. The number of fused-ring (bicyclic) bond motifs is 3. The van der Waals surface area contributed by atoms with Crippen LogP contribution in [0.25, 0.3) is 32.9 Å². The number of nitrogens with one attached hydrogen (secondary N) is 2. The number of nitrogens with zero attached hydrogens (tertiary/aromatic N) is 1. The minimum Gasteiger partial charge on any atom is -0.462 e. The molecule has 0 bridgehead atoms. The maximum absolute atomic E-state index is 12.3. The number of hydrogen-bond donors (Lipinski definition) is 2. The van der Waals surface area contributed by atoms with Gasteiger partial charge in [-0.2, -0.15) is 5.26 Å². The Morgan fingerprint density at radius 1 is 1.19 bits per heavy atom. The molecule has 6 heteroatoms. The number of H-pyrrole nitrogens is 2. The third-order valence-electron chi connectivity index (χ3n) is 4.46. The summed E-state index contributed by atoms with van der Waals surface area (Å²) in [5.41, 5.74) is 3.30. The molecule has 4 aromatic rings. The van der Waals surface area contributed by atoms with E-state index in [9.17, 15) is 9.59 Å². The second kappa shape index (κ2) is 6.46. The van der Waals surface area contributed by atoms with Crippen LogP contribution in [0.15, 0.2) is 53.5 Å². The topological polar surface area (TPSA) is 98.7 Å². The van der Waals surface area contributed by atoms with Crippen LogP contribution in [-0.4, -0.2) is 22.5 Å². The molecule has 0 aliphatic heterocycles. The molecule has 132 valence electrons. The predicted molar refractivity (Wildman–Crippen MR) is 103 cm³/mol. The maximum Gasteiger partial charge on any atom is 0.340 e. The van der Waals surface area contributed by atoms with E-state index in [4.69, 9.17) is 10.00 Å². The van der Waals surface area contributed by atoms with E-state index in [1.807, 2.05) is 24.3 Å². The number of nitriles is 1. The van der Waals surface area contributed by atoms with E-state index in [1.165, 1.54) is 6.20 Å². The fourth-order valence-electron chi connectivity index (χ4n) is 3.24. The van der Waals surface area contributed by atoms with E-state index in [-0.39, 0.29) is 12.2 Å². The van der Waals surface area contributed by atoms with Crippen molar-refractivity contribution in [1.29, 1.82) is 5.26 Å². The van der Waals surface area contributed by atoms with Gasteiger partial charge in [0.1, 0.15) is 5.52 Å². The number of aromatic amines is 2. The van der Waals surface area contributed by atoms with Gasteiger partial charge in [0.15, 0.2) is 0 Å². The Morgan fingerprint density at radius 2 is 2.00 bits per heavy atom. The quantitative estimate of drug-likeness (QED) is 0.546. The molecular weight excluding hydrogens is 342 g/mol. The van der Waals surface area contributed by atoms with E-state index >= 15 is 0 Å². The van der Waals surface area contributed by atoms with Crippen molar-refractivity contribution in [2.75, 3.05) is 6.61 Å². The molecule has 2 aromatic heterocycles. The monoisotopic (exact) mass is 357 g/mol. The predicted octanol–water partition coefficient (Wildman–Crippen LogP) is 3.72. The molecule has 0 fully saturated rings. The number of carbonyl (C=O) groups excluding carboxylic acids is 1. The largest absolute Gasteiger partial charge is 0.462 e. The van der Waals surface area contributed by atoms with Gasteiger partial charge in [0, 0.05) is 22.5 Å². The van der Waals surface area contributed by atoms with Gasteiger partial charge in [-0.25, -0.2) is 4.79 Å². The summed E-state index contributed by atoms with van der Waals surface area (Å²) in [6.45, 7) is 1.98. The summed E-state index contributed by atoms with van der Waals surface area (Å²) in [6, 6.07) is 15.0. The summed E-state index contributed by atoms with van der Waals surface area (Å²) in [5.74, 6) is -0.479. The van der Waals surface area contributed by atoms with Crippen LogP contribution in [0.5, 0.6) is 0 Å². The third-order valence-corrected chi connectivity index (χ3v) is 4.46. The average Bonchev–Trinajstić information content (AvgIpc) is 3.14. The number of rotatable bonds is 3. The van der Waals surface area contributed by atoms with Crippen molar-refractivity contribution in [2.24, 2.45) is 0 Å². The van der Waals surface area contributed by atoms with E-state index in [0.717, 1.165) is 16.5 Å². The Kier molecular flexibility index (Phi) is 3.98. The molecule has 27 heavy (non-hydrogen) atoms. The molecular formula is C21H15N3O3. The van der Waals surface area contributed by atoms with Gasteiger partial charge in [-0.1, -0.05) is 18.2 Å². The average molecular weight is 357 g/mol. The summed E-state index contributed by atoms with van der Waals surface area (Å²) in [4.78, 5) is 30.4. The normalized spacial score (nSPS) is 10.8. The Morgan fingerprint density at radius 3 is 2.78 bits per heavy atom. The summed E-state index contributed by atoms with van der Waals surface area (Å²) in [5, 5.41) is 10.4. The summed E-state index contributed by atoms with van der Waals surface area (Å²) in [7, 11) is 0. The Hall–Kier alpha value is -3.85. The van der Waals surface area contributed by atoms with E-state index < -0.39 is 5.97 Å². The van der Waals surface area contributed by atoms with Crippen LogP contribution in [-0.2, 0) is 4.74 Å². The molecule has 0 spiro atoms. The number of aromatic nitrogens is 2. The highest BCUT2D eigenvalue weighted by Gasteiger charge is 2.18. The van der Waals surface area contributed by atoms with Crippen LogP contribution in [0.3, 0.4) is 0 Å². The minimum absolute atomic E-state index is 0.249. The lowest BCUT2D eigenvalue weighted by Gasteiger charge is -2.07. The Bertz CT molecular complexity index is 1290. The number of esters is 1. The molecule has 0 atom stereocenters. The molecule has 2 heterocycles. The third kappa shape index (κ3) is 2.75. The molecule has 0 unspecified atom stereocenters. The van der Waals surface area contributed by atoms with Crippen molar-refractivity contribution in [1.82, 2.24) is 9.97 Å². The first kappa shape index (κ1) is 16.6. The van der Waals surface area contributed by atoms with Crippen molar-refractivity contribution in [3.63, 3.8) is 0 Å². The molecule has 2 aromatic carbocycles. The van der Waals surface area contributed by atoms with E-state index in [2.05, 4.69) is 16.0 Å². The lowest BCUT2D eigenvalue weighted by Crippen LogP contribution is -2.08. The van der Waals surface area contributed by atoms with Crippen LogP contribution in [0, 0.1) is 11.3 Å². The molecule has 6 nitrogen and oxygen atoms in total. The number of benzene rings is 2. The molecule has 0 saturated carbocycles. The zero-order valence-electron chi connectivity index (χ0n) is 14.5. The summed E-state index contributed by atoms with van der Waals surface area (Å²) >= 11 is 0. The second-order valence-electron chi connectivity index (χ2n) is 6.08. The highest BCUT2D eigenvalue weighted by atomic mass is 16.5. The first-order chi connectivity index (χ1) is 13.1. The Labute approximate surface area is 154 Å². The molecule has 0 radical (unpaired) electrons. The van der Waals surface area contributed by atoms with Crippen LogP contribution >= 0.6 is 0 Å². The summed E-state index contributed by atoms with van der Waals surface area (Å²) in [6.07, 6.45) is 1.50. The SMILES string of the molecule is CCOC(=O)c1c[nH]c2c(=O)[nH]c3ccc(-c4cccc(C#N)c4)cc3c12. The smallest absolute Gasteiger partial charge is 0.340 e. The van der Waals surface area contributed by atoms with Gasteiger partial charge in [-0.05, 0) is 42.3 Å². The van der Waals surface area contributed by atoms with Gasteiger partial charge in [0.05, 0.1) is 23.8 Å². The second-order valence-corrected chi connectivity index (χ2v) is 6.08. The zero-order chi connectivity index (χ0) is 19.0. The van der Waals surface area contributed by atoms with Gasteiger partial charge in [-0.15, -0.1) is 0 Å². The van der Waals surface area contributed by atoms with Crippen molar-refractivity contribution in [3.8, 4) is 17.2 Å². The van der Waals surface area contributed by atoms with Crippen molar-refractivity contribution in [3.05, 3.63) is 70.1 Å². The number of pyridine rings is 1. The molecule has 2 N–H and O–H groups in total. The van der Waals surface area contributed by atoms with Gasteiger partial charge < -0.3 is 14.7 Å². The highest BCUT2D eigenvalue weighted by Crippen LogP contribution is 2.30. The zero-order valence-corrected chi connectivity index (χ0v) is 14.5. The standard InChI is InChI=1S/C21H15N3O3/c1-2-27-21(26)16-11-23-19-18(16)15-9-14(6-7-17(15)24-20(19)25)13-5-3-4-12(8-13)10-22/h3-9,11,23H,2H2,1H3,(H,24,25). The first-order valence-corrected chi connectivity index (χ1v) is 8.47. The van der Waals surface area contributed by atoms with Crippen LogP contribution in [0.1, 0.15) is 22.8 Å². The van der Waals surface area contributed by atoms with E-state index in [0.29, 0.717) is 27.5 Å². The number of hydrogen-bond acceptors (Lipinski definition) is 4. The fourth-order valence-corrected chi connectivity index (χ4v) is 3.24. The number of ether oxygens (including phenoxy) is 1. The maximum atomic E-state index is 12.3. The fraction of sp³-hybridized carbons (Fsp3) is 0.0952. The van der Waals surface area contributed by atoms with Gasteiger partial charge in [0.2, 0.25) is 0 Å². The molecule has 0 amide bonds. The van der Waals surface area contributed by atoms with Crippen molar-refractivity contribution in [2.45, 2.75) is 6.92 Å². The lowest BCUT2D eigenvalue weighted by molar-refractivity contribution is 0.0529. The van der Waals surface area contributed by atoms with Crippen LogP contribution < -0.4 is 5.56 Å². The lowest BCUT2D eigenvalue weighted by atomic mass is 9.99. The van der Waals surface area contributed by atoms with Gasteiger partial charge in [-0.3, -0.25) is 4.79 Å². The first-order valence-electron chi connectivity index (χ1n) is 8.47. The molecule has 4 rings (SSSR count). The highest BCUT2D eigenvalue weighted by molar-refractivity contribution is 6.15. The molecule has 0 aliphatic rings. The van der Waals surface area contributed by atoms with Crippen LogP contribution in [0.2, 0.25) is 0 Å². The molecule has 0 saturated heterocycles. The van der Waals surface area contributed by atoms with Gasteiger partial charge in [0.25, 0.3) is 5.56 Å². The van der Waals surface area contributed by atoms with Crippen LogP contribution in [0.4, 0.5) is 0 Å². The van der Waals surface area contributed by atoms with Crippen molar-refractivity contribution < 1.29 is 9.53 Å². The molecule has 0 aliphatic carbocycles. The van der Waals surface area contributed by atoms with E-state index in [1.54, 1.807) is 25.1 Å². The Balaban J connectivity index is 2.02. The van der Waals surface area contributed by atoms with Gasteiger partial charge >= 0.3 is 5.97 Å².